The summed E-state index contributed by atoms with van der Waals surface area (Å²) in [6.45, 7) is 4.04. The molecule has 0 aliphatic carbocycles. The van der Waals surface area contributed by atoms with Crippen LogP contribution >= 0.6 is 0 Å². The van der Waals surface area contributed by atoms with E-state index in [1.165, 1.54) is 0 Å². The fourth-order valence-electron chi connectivity index (χ4n) is 1.70. The van der Waals surface area contributed by atoms with Crippen LogP contribution in [-0.4, -0.2) is 23.5 Å². The Morgan fingerprint density at radius 2 is 2.29 bits per heavy atom. The quantitative estimate of drug-likeness (QED) is 0.795. The number of anilines is 1. The lowest BCUT2D eigenvalue weighted by Crippen LogP contribution is -2.40. The fourth-order valence-corrected chi connectivity index (χ4v) is 1.70. The zero-order chi connectivity index (χ0) is 12.4. The Hall–Kier alpha value is -1.85. The van der Waals surface area contributed by atoms with Crippen molar-refractivity contribution in [3.8, 4) is 0 Å². The summed E-state index contributed by atoms with van der Waals surface area (Å²) in [5.41, 5.74) is 1.59. The van der Waals surface area contributed by atoms with Gasteiger partial charge in [0.05, 0.1) is 11.6 Å². The van der Waals surface area contributed by atoms with Gasteiger partial charge in [0.2, 0.25) is 17.7 Å². The third kappa shape index (κ3) is 2.46. The van der Waals surface area contributed by atoms with Crippen LogP contribution in [0.2, 0.25) is 0 Å². The van der Waals surface area contributed by atoms with Crippen LogP contribution in [-0.2, 0) is 9.59 Å². The van der Waals surface area contributed by atoms with Crippen molar-refractivity contribution in [2.45, 2.75) is 26.7 Å². The number of hydrogen-bond acceptors (Lipinski definition) is 4. The molecule has 1 unspecified atom stereocenters. The Morgan fingerprint density at radius 1 is 1.53 bits per heavy atom. The topological polar surface area (TPSA) is 84.2 Å². The largest absolute Gasteiger partial charge is 0.355 e. The van der Waals surface area contributed by atoms with E-state index >= 15 is 0 Å². The first kappa shape index (κ1) is 11.6. The summed E-state index contributed by atoms with van der Waals surface area (Å²) in [5, 5.41) is 9.14. The van der Waals surface area contributed by atoms with Gasteiger partial charge < -0.3 is 9.84 Å². The molecule has 2 heterocycles. The van der Waals surface area contributed by atoms with Crippen LogP contribution in [0.3, 0.4) is 0 Å². The van der Waals surface area contributed by atoms with Crippen LogP contribution < -0.4 is 10.6 Å². The average Bonchev–Trinajstić information content (AvgIpc) is 2.62. The van der Waals surface area contributed by atoms with Gasteiger partial charge in [-0.05, 0) is 20.3 Å². The van der Waals surface area contributed by atoms with Crippen LogP contribution in [0.5, 0.6) is 0 Å². The number of hydrogen-bond donors (Lipinski definition) is 2. The molecule has 2 amide bonds. The molecule has 0 bridgehead atoms. The summed E-state index contributed by atoms with van der Waals surface area (Å²) < 4.78 is 5.01. The Balaban J connectivity index is 1.97. The maximum Gasteiger partial charge on any atom is 0.234 e. The standard InChI is InChI=1S/C11H15N3O3/c1-6-7(2)14-17-11(6)13-10(16)8-3-4-9(15)12-5-8/h8H,3-5H2,1-2H3,(H,12,15)(H,13,16). The van der Waals surface area contributed by atoms with E-state index in [0.29, 0.717) is 25.3 Å². The second-order valence-corrected chi connectivity index (χ2v) is 4.25. The SMILES string of the molecule is Cc1noc(NC(=O)C2CCC(=O)NC2)c1C. The van der Waals surface area contributed by atoms with Gasteiger partial charge in [-0.3, -0.25) is 14.9 Å². The average molecular weight is 237 g/mol. The van der Waals surface area contributed by atoms with E-state index in [9.17, 15) is 9.59 Å². The third-order valence-corrected chi connectivity index (χ3v) is 3.03. The highest BCUT2D eigenvalue weighted by Crippen LogP contribution is 2.19. The molecule has 6 heteroatoms. The van der Waals surface area contributed by atoms with Crippen molar-refractivity contribution in [3.05, 3.63) is 11.3 Å². The number of aryl methyl sites for hydroxylation is 1. The van der Waals surface area contributed by atoms with Crippen molar-refractivity contribution < 1.29 is 14.1 Å². The first-order valence-electron chi connectivity index (χ1n) is 5.58. The number of nitrogens with one attached hydrogen (secondary N) is 2. The zero-order valence-electron chi connectivity index (χ0n) is 9.87. The van der Waals surface area contributed by atoms with Crippen molar-refractivity contribution in [3.63, 3.8) is 0 Å². The van der Waals surface area contributed by atoms with Crippen LogP contribution in [0, 0.1) is 19.8 Å². The number of piperidine rings is 1. The smallest absolute Gasteiger partial charge is 0.234 e. The molecule has 0 radical (unpaired) electrons. The Bertz CT molecular complexity index is 443. The van der Waals surface area contributed by atoms with E-state index in [4.69, 9.17) is 4.52 Å². The highest BCUT2D eigenvalue weighted by atomic mass is 16.5. The van der Waals surface area contributed by atoms with Gasteiger partial charge in [-0.1, -0.05) is 5.16 Å². The first-order valence-corrected chi connectivity index (χ1v) is 5.58. The molecule has 0 aromatic carbocycles. The predicted molar refractivity (Wildman–Crippen MR) is 60.3 cm³/mol. The number of rotatable bonds is 2. The van der Waals surface area contributed by atoms with Crippen molar-refractivity contribution in [1.82, 2.24) is 10.5 Å². The molecule has 0 saturated carbocycles. The molecule has 1 saturated heterocycles. The number of carbonyl (C=O) groups is 2. The summed E-state index contributed by atoms with van der Waals surface area (Å²) in [5.74, 6) is 0.0619. The molecule has 1 aromatic rings. The van der Waals surface area contributed by atoms with E-state index in [2.05, 4.69) is 15.8 Å². The number of amides is 2. The van der Waals surface area contributed by atoms with Gasteiger partial charge in [-0.15, -0.1) is 0 Å². The molecule has 2 rings (SSSR count). The van der Waals surface area contributed by atoms with Crippen LogP contribution in [0.4, 0.5) is 5.88 Å². The third-order valence-electron chi connectivity index (χ3n) is 3.03. The maximum absolute atomic E-state index is 11.9. The van der Waals surface area contributed by atoms with E-state index in [-0.39, 0.29) is 17.7 Å². The van der Waals surface area contributed by atoms with E-state index in [1.807, 2.05) is 13.8 Å². The Morgan fingerprint density at radius 3 is 2.82 bits per heavy atom. The maximum atomic E-state index is 11.9. The van der Waals surface area contributed by atoms with Crippen LogP contribution in [0.15, 0.2) is 4.52 Å². The van der Waals surface area contributed by atoms with Gasteiger partial charge >= 0.3 is 0 Å². The van der Waals surface area contributed by atoms with Crippen molar-refractivity contribution in [1.29, 1.82) is 0 Å². The molecule has 1 aliphatic rings. The number of nitrogens with zero attached hydrogens (tertiary/aromatic N) is 1. The highest BCUT2D eigenvalue weighted by Gasteiger charge is 2.25. The van der Waals surface area contributed by atoms with Gasteiger partial charge in [-0.2, -0.15) is 0 Å². The van der Waals surface area contributed by atoms with E-state index < -0.39 is 0 Å². The lowest BCUT2D eigenvalue weighted by molar-refractivity contribution is -0.126. The lowest BCUT2D eigenvalue weighted by Gasteiger charge is -2.20. The second-order valence-electron chi connectivity index (χ2n) is 4.25. The van der Waals surface area contributed by atoms with E-state index in [1.54, 1.807) is 0 Å². The van der Waals surface area contributed by atoms with Crippen molar-refractivity contribution in [2.24, 2.45) is 5.92 Å². The molecular formula is C11H15N3O3. The van der Waals surface area contributed by atoms with Gasteiger partial charge in [0.15, 0.2) is 0 Å². The summed E-state index contributed by atoms with van der Waals surface area (Å²) in [4.78, 5) is 22.9. The first-order chi connectivity index (χ1) is 8.08. The predicted octanol–water partition coefficient (Wildman–Crippen LogP) is 0.756. The summed E-state index contributed by atoms with van der Waals surface area (Å²) in [6, 6.07) is 0. The molecule has 17 heavy (non-hydrogen) atoms. The van der Waals surface area contributed by atoms with Gasteiger partial charge in [0.1, 0.15) is 0 Å². The summed E-state index contributed by atoms with van der Waals surface area (Å²) >= 11 is 0. The summed E-state index contributed by atoms with van der Waals surface area (Å²) in [6.07, 6.45) is 0.969. The Kier molecular flexibility index (Phi) is 3.12. The highest BCUT2D eigenvalue weighted by molar-refractivity contribution is 5.93. The number of aromatic nitrogens is 1. The van der Waals surface area contributed by atoms with Crippen molar-refractivity contribution >= 4 is 17.7 Å². The Labute approximate surface area is 98.7 Å². The molecule has 1 aliphatic heterocycles. The van der Waals surface area contributed by atoms with Gasteiger partial charge in [-0.25, -0.2) is 0 Å². The van der Waals surface area contributed by atoms with Gasteiger partial charge in [0, 0.05) is 18.5 Å². The van der Waals surface area contributed by atoms with Crippen LogP contribution in [0.25, 0.3) is 0 Å². The monoisotopic (exact) mass is 237 g/mol. The number of carbonyl (C=O) groups excluding carboxylic acids is 2. The molecule has 1 aromatic heterocycles. The molecule has 1 atom stereocenters. The minimum absolute atomic E-state index is 0.000685. The molecule has 1 fully saturated rings. The molecule has 6 nitrogen and oxygen atoms in total. The molecule has 0 spiro atoms. The minimum Gasteiger partial charge on any atom is -0.355 e. The molecule has 92 valence electrons. The van der Waals surface area contributed by atoms with Crippen LogP contribution in [0.1, 0.15) is 24.1 Å². The zero-order valence-corrected chi connectivity index (χ0v) is 9.87. The normalized spacial score (nSPS) is 19.9. The van der Waals surface area contributed by atoms with Crippen molar-refractivity contribution in [2.75, 3.05) is 11.9 Å². The fraction of sp³-hybridized carbons (Fsp3) is 0.545. The van der Waals surface area contributed by atoms with E-state index in [0.717, 1.165) is 11.3 Å². The minimum atomic E-state index is -0.197. The molecule has 2 N–H and O–H groups in total. The summed E-state index contributed by atoms with van der Waals surface area (Å²) in [7, 11) is 0. The van der Waals surface area contributed by atoms with Gasteiger partial charge in [0.25, 0.3) is 0 Å². The second kappa shape index (κ2) is 4.57. The lowest BCUT2D eigenvalue weighted by atomic mass is 9.98. The molecular weight excluding hydrogens is 222 g/mol.